The quantitative estimate of drug-likeness (QED) is 0.798. The van der Waals surface area contributed by atoms with Crippen LogP contribution in [0, 0.1) is 0 Å². The fourth-order valence-corrected chi connectivity index (χ4v) is 3.19. The van der Waals surface area contributed by atoms with Crippen LogP contribution >= 0.6 is 0 Å². The van der Waals surface area contributed by atoms with Gasteiger partial charge < -0.3 is 9.73 Å². The molecular weight excluding hydrogens is 262 g/mol. The van der Waals surface area contributed by atoms with E-state index in [9.17, 15) is 0 Å². The van der Waals surface area contributed by atoms with Crippen LogP contribution < -0.4 is 5.32 Å². The smallest absolute Gasteiger partial charge is 0.122 e. The Morgan fingerprint density at radius 1 is 1.38 bits per heavy atom. The maximum absolute atomic E-state index is 5.64. The van der Waals surface area contributed by atoms with E-state index in [2.05, 4.69) is 48.9 Å². The van der Waals surface area contributed by atoms with E-state index in [0.717, 1.165) is 38.0 Å². The highest BCUT2D eigenvalue weighted by atomic mass is 16.3. The third-order valence-corrected chi connectivity index (χ3v) is 4.48. The van der Waals surface area contributed by atoms with Crippen LogP contribution in [0.1, 0.15) is 45.4 Å². The van der Waals surface area contributed by atoms with Gasteiger partial charge in [-0.3, -0.25) is 9.80 Å². The van der Waals surface area contributed by atoms with Crippen molar-refractivity contribution in [3.63, 3.8) is 0 Å². The number of likely N-dealkylation sites (tertiary alicyclic amines) is 1. The topological polar surface area (TPSA) is 31.6 Å². The van der Waals surface area contributed by atoms with Gasteiger partial charge in [-0.05, 0) is 25.6 Å². The molecule has 0 spiro atoms. The minimum absolute atomic E-state index is 0.488. The van der Waals surface area contributed by atoms with Gasteiger partial charge in [0, 0.05) is 37.3 Å². The Labute approximate surface area is 129 Å². The van der Waals surface area contributed by atoms with Crippen LogP contribution in [0.15, 0.2) is 16.7 Å². The molecule has 1 N–H and O–H groups in total. The molecule has 4 nitrogen and oxygen atoms in total. The predicted octanol–water partition coefficient (Wildman–Crippen LogP) is 2.69. The summed E-state index contributed by atoms with van der Waals surface area (Å²) in [5.41, 5.74) is 1.34. The number of hydrogen-bond acceptors (Lipinski definition) is 4. The Hall–Kier alpha value is -0.840. The summed E-state index contributed by atoms with van der Waals surface area (Å²) in [6, 6.07) is 3.34. The minimum Gasteiger partial charge on any atom is -0.468 e. The molecule has 1 aliphatic rings. The first-order valence-electron chi connectivity index (χ1n) is 8.39. The van der Waals surface area contributed by atoms with Crippen LogP contribution in [0.5, 0.6) is 0 Å². The number of furan rings is 1. The van der Waals surface area contributed by atoms with Crippen LogP contribution in [-0.2, 0) is 13.1 Å². The lowest BCUT2D eigenvalue weighted by Gasteiger charge is -2.26. The first kappa shape index (κ1) is 16.5. The zero-order valence-corrected chi connectivity index (χ0v) is 14.1. The van der Waals surface area contributed by atoms with Crippen molar-refractivity contribution in [1.29, 1.82) is 0 Å². The monoisotopic (exact) mass is 293 g/mol. The summed E-state index contributed by atoms with van der Waals surface area (Å²) in [6.07, 6.45) is 3.11. The van der Waals surface area contributed by atoms with Crippen LogP contribution in [0.4, 0.5) is 0 Å². The molecule has 0 bridgehead atoms. The normalized spacial score (nSPS) is 20.0. The molecule has 1 aromatic heterocycles. The highest BCUT2D eigenvalue weighted by molar-refractivity contribution is 5.17. The van der Waals surface area contributed by atoms with Crippen molar-refractivity contribution in [2.24, 2.45) is 0 Å². The van der Waals surface area contributed by atoms with E-state index in [-0.39, 0.29) is 0 Å². The fraction of sp³-hybridized carbons (Fsp3) is 0.765. The second-order valence-corrected chi connectivity index (χ2v) is 6.30. The van der Waals surface area contributed by atoms with Gasteiger partial charge >= 0.3 is 0 Å². The van der Waals surface area contributed by atoms with Gasteiger partial charge in [0.1, 0.15) is 5.76 Å². The van der Waals surface area contributed by atoms with Crippen molar-refractivity contribution in [1.82, 2.24) is 15.1 Å². The second-order valence-electron chi connectivity index (χ2n) is 6.30. The fourth-order valence-electron chi connectivity index (χ4n) is 3.19. The first-order chi connectivity index (χ1) is 10.1. The molecule has 0 saturated carbocycles. The molecule has 21 heavy (non-hydrogen) atoms. The Morgan fingerprint density at radius 2 is 2.14 bits per heavy atom. The SMILES string of the molecule is CCN(CC)C1CCN(Cc2ccoc2CNC(C)C)C1. The van der Waals surface area contributed by atoms with Crippen molar-refractivity contribution < 1.29 is 4.42 Å². The number of nitrogens with zero attached hydrogens (tertiary/aromatic N) is 2. The molecule has 0 radical (unpaired) electrons. The van der Waals surface area contributed by atoms with E-state index in [1.165, 1.54) is 25.1 Å². The third kappa shape index (κ3) is 4.56. The van der Waals surface area contributed by atoms with Gasteiger partial charge in [-0.1, -0.05) is 27.7 Å². The molecule has 2 rings (SSSR count). The molecule has 0 amide bonds. The lowest BCUT2D eigenvalue weighted by Crippen LogP contribution is -2.37. The highest BCUT2D eigenvalue weighted by Gasteiger charge is 2.26. The largest absolute Gasteiger partial charge is 0.468 e. The van der Waals surface area contributed by atoms with E-state index in [4.69, 9.17) is 4.42 Å². The van der Waals surface area contributed by atoms with Gasteiger partial charge in [0.25, 0.3) is 0 Å². The lowest BCUT2D eigenvalue weighted by atomic mass is 10.2. The summed E-state index contributed by atoms with van der Waals surface area (Å²) in [5.74, 6) is 1.09. The molecule has 1 aliphatic heterocycles. The Kier molecular flexibility index (Phi) is 6.27. The Morgan fingerprint density at radius 3 is 2.81 bits per heavy atom. The van der Waals surface area contributed by atoms with Gasteiger partial charge in [0.05, 0.1) is 12.8 Å². The number of likely N-dealkylation sites (N-methyl/N-ethyl adjacent to an activating group) is 1. The molecule has 2 heterocycles. The summed E-state index contributed by atoms with van der Waals surface area (Å²) in [4.78, 5) is 5.14. The highest BCUT2D eigenvalue weighted by Crippen LogP contribution is 2.20. The van der Waals surface area contributed by atoms with Crippen LogP contribution in [0.2, 0.25) is 0 Å². The van der Waals surface area contributed by atoms with E-state index in [1.807, 2.05) is 6.26 Å². The summed E-state index contributed by atoms with van der Waals surface area (Å²) < 4.78 is 5.64. The summed E-state index contributed by atoms with van der Waals surface area (Å²) in [5, 5.41) is 3.44. The zero-order chi connectivity index (χ0) is 15.2. The lowest BCUT2D eigenvalue weighted by molar-refractivity contribution is 0.208. The van der Waals surface area contributed by atoms with E-state index >= 15 is 0 Å². The van der Waals surface area contributed by atoms with Gasteiger partial charge in [0.2, 0.25) is 0 Å². The number of hydrogen-bond donors (Lipinski definition) is 1. The van der Waals surface area contributed by atoms with E-state index < -0.39 is 0 Å². The molecule has 1 aromatic rings. The van der Waals surface area contributed by atoms with Crippen LogP contribution in [-0.4, -0.2) is 48.1 Å². The van der Waals surface area contributed by atoms with Crippen molar-refractivity contribution >= 4 is 0 Å². The molecule has 0 aromatic carbocycles. The standard InChI is InChI=1S/C17H31N3O/c1-5-20(6-2)16-7-9-19(13-16)12-15-8-10-21-17(15)11-18-14(3)4/h8,10,14,16,18H,5-7,9,11-13H2,1-4H3. The molecule has 1 fully saturated rings. The molecule has 1 atom stereocenters. The van der Waals surface area contributed by atoms with Crippen molar-refractivity contribution in [3.05, 3.63) is 23.7 Å². The number of nitrogens with one attached hydrogen (secondary N) is 1. The summed E-state index contributed by atoms with van der Waals surface area (Å²) in [7, 11) is 0. The van der Waals surface area contributed by atoms with Gasteiger partial charge in [-0.25, -0.2) is 0 Å². The van der Waals surface area contributed by atoms with Crippen molar-refractivity contribution in [2.75, 3.05) is 26.2 Å². The van der Waals surface area contributed by atoms with Gasteiger partial charge in [-0.2, -0.15) is 0 Å². The maximum Gasteiger partial charge on any atom is 0.122 e. The van der Waals surface area contributed by atoms with E-state index in [0.29, 0.717) is 6.04 Å². The summed E-state index contributed by atoms with van der Waals surface area (Å²) in [6.45, 7) is 15.4. The third-order valence-electron chi connectivity index (χ3n) is 4.48. The first-order valence-corrected chi connectivity index (χ1v) is 8.39. The predicted molar refractivity (Wildman–Crippen MR) is 87.3 cm³/mol. The van der Waals surface area contributed by atoms with Crippen LogP contribution in [0.3, 0.4) is 0 Å². The maximum atomic E-state index is 5.64. The average Bonchev–Trinajstić information content (AvgIpc) is 3.08. The van der Waals surface area contributed by atoms with E-state index in [1.54, 1.807) is 0 Å². The summed E-state index contributed by atoms with van der Waals surface area (Å²) >= 11 is 0. The molecule has 120 valence electrons. The molecular formula is C17H31N3O. The second kappa shape index (κ2) is 7.97. The van der Waals surface area contributed by atoms with Gasteiger partial charge in [0.15, 0.2) is 0 Å². The minimum atomic E-state index is 0.488. The Balaban J connectivity index is 1.87. The molecule has 1 unspecified atom stereocenters. The average molecular weight is 293 g/mol. The Bertz CT molecular complexity index is 412. The number of rotatable bonds is 8. The van der Waals surface area contributed by atoms with Crippen LogP contribution in [0.25, 0.3) is 0 Å². The molecule has 4 heteroatoms. The van der Waals surface area contributed by atoms with Crippen molar-refractivity contribution in [3.8, 4) is 0 Å². The molecule has 0 aliphatic carbocycles. The van der Waals surface area contributed by atoms with Crippen molar-refractivity contribution in [2.45, 2.75) is 59.3 Å². The zero-order valence-electron chi connectivity index (χ0n) is 14.1. The van der Waals surface area contributed by atoms with Gasteiger partial charge in [-0.15, -0.1) is 0 Å². The molecule has 1 saturated heterocycles.